The van der Waals surface area contributed by atoms with Gasteiger partial charge in [-0.1, -0.05) is 55.5 Å². The van der Waals surface area contributed by atoms with Crippen molar-refractivity contribution in [3.05, 3.63) is 70.8 Å². The molecule has 3 rings (SSSR count). The number of rotatable bonds is 4. The van der Waals surface area contributed by atoms with Gasteiger partial charge in [0.15, 0.2) is 0 Å². The maximum absolute atomic E-state index is 13.2. The van der Waals surface area contributed by atoms with Gasteiger partial charge in [0.05, 0.1) is 0 Å². The Kier molecular flexibility index (Phi) is 6.26. The summed E-state index contributed by atoms with van der Waals surface area (Å²) in [4.78, 5) is 27.5. The van der Waals surface area contributed by atoms with Crippen molar-refractivity contribution in [2.24, 2.45) is 0 Å². The molecular formula is C24H30N2O3. The maximum atomic E-state index is 13.2. The van der Waals surface area contributed by atoms with E-state index < -0.39 is 17.7 Å². The predicted octanol–water partition coefficient (Wildman–Crippen LogP) is 4.40. The van der Waals surface area contributed by atoms with Crippen LogP contribution in [0.25, 0.3) is 0 Å². The van der Waals surface area contributed by atoms with Crippen LogP contribution in [-0.4, -0.2) is 29.0 Å². The molecule has 0 fully saturated rings. The standard InChI is InChI=1S/C24H30N2O3/c1-5-17-10-12-18(13-11-17)16-25-22(27)21-20-9-7-6-8-19(20)14-15-26(21)23(28)29-24(2,3)4/h6-13,21H,5,14-16H2,1-4H3,(H,25,27). The van der Waals surface area contributed by atoms with Crippen molar-refractivity contribution in [1.29, 1.82) is 0 Å². The third-order valence-electron chi connectivity index (χ3n) is 5.06. The van der Waals surface area contributed by atoms with Crippen LogP contribution in [0.3, 0.4) is 0 Å². The lowest BCUT2D eigenvalue weighted by atomic mass is 9.92. The molecule has 1 heterocycles. The van der Waals surface area contributed by atoms with Gasteiger partial charge in [-0.2, -0.15) is 0 Å². The first-order valence-electron chi connectivity index (χ1n) is 10.2. The molecule has 2 aromatic carbocycles. The summed E-state index contributed by atoms with van der Waals surface area (Å²) in [5.74, 6) is -0.192. The monoisotopic (exact) mass is 394 g/mol. The summed E-state index contributed by atoms with van der Waals surface area (Å²) in [6.45, 7) is 8.48. The predicted molar refractivity (Wildman–Crippen MR) is 113 cm³/mol. The summed E-state index contributed by atoms with van der Waals surface area (Å²) in [6, 6.07) is 15.3. The molecular weight excluding hydrogens is 364 g/mol. The second-order valence-electron chi connectivity index (χ2n) is 8.41. The molecule has 5 heteroatoms. The van der Waals surface area contributed by atoms with Crippen molar-refractivity contribution in [2.75, 3.05) is 6.54 Å². The highest BCUT2D eigenvalue weighted by Gasteiger charge is 2.37. The van der Waals surface area contributed by atoms with Gasteiger partial charge in [0.2, 0.25) is 5.91 Å². The van der Waals surface area contributed by atoms with Gasteiger partial charge in [-0.3, -0.25) is 9.69 Å². The fourth-order valence-electron chi connectivity index (χ4n) is 3.55. The Morgan fingerprint density at radius 2 is 1.72 bits per heavy atom. The second-order valence-corrected chi connectivity index (χ2v) is 8.41. The molecule has 2 amide bonds. The van der Waals surface area contributed by atoms with Crippen LogP contribution in [0.4, 0.5) is 4.79 Å². The van der Waals surface area contributed by atoms with Crippen molar-refractivity contribution in [1.82, 2.24) is 10.2 Å². The van der Waals surface area contributed by atoms with Gasteiger partial charge in [0.25, 0.3) is 0 Å². The lowest BCUT2D eigenvalue weighted by Crippen LogP contribution is -2.48. The summed E-state index contributed by atoms with van der Waals surface area (Å²) in [5, 5.41) is 3.01. The van der Waals surface area contributed by atoms with Gasteiger partial charge in [-0.15, -0.1) is 0 Å². The normalized spacial score (nSPS) is 16.1. The van der Waals surface area contributed by atoms with E-state index >= 15 is 0 Å². The number of hydrogen-bond donors (Lipinski definition) is 1. The highest BCUT2D eigenvalue weighted by molar-refractivity contribution is 5.87. The van der Waals surface area contributed by atoms with Gasteiger partial charge < -0.3 is 10.1 Å². The topological polar surface area (TPSA) is 58.6 Å². The molecule has 0 radical (unpaired) electrons. The Labute approximate surface area is 173 Å². The molecule has 1 unspecified atom stereocenters. The summed E-state index contributed by atoms with van der Waals surface area (Å²) < 4.78 is 5.57. The minimum Gasteiger partial charge on any atom is -0.444 e. The van der Waals surface area contributed by atoms with Crippen molar-refractivity contribution < 1.29 is 14.3 Å². The van der Waals surface area contributed by atoms with Crippen LogP contribution < -0.4 is 5.32 Å². The molecule has 0 saturated carbocycles. The average Bonchev–Trinajstić information content (AvgIpc) is 2.70. The molecule has 0 bridgehead atoms. The third-order valence-corrected chi connectivity index (χ3v) is 5.06. The van der Waals surface area contributed by atoms with Gasteiger partial charge >= 0.3 is 6.09 Å². The summed E-state index contributed by atoms with van der Waals surface area (Å²) >= 11 is 0. The van der Waals surface area contributed by atoms with Crippen LogP contribution in [0.5, 0.6) is 0 Å². The Morgan fingerprint density at radius 1 is 1.07 bits per heavy atom. The smallest absolute Gasteiger partial charge is 0.411 e. The first-order chi connectivity index (χ1) is 13.8. The van der Waals surface area contributed by atoms with Crippen LogP contribution in [0.2, 0.25) is 0 Å². The number of benzene rings is 2. The van der Waals surface area contributed by atoms with Crippen LogP contribution >= 0.6 is 0 Å². The fraction of sp³-hybridized carbons (Fsp3) is 0.417. The van der Waals surface area contributed by atoms with Crippen molar-refractivity contribution >= 4 is 12.0 Å². The highest BCUT2D eigenvalue weighted by Crippen LogP contribution is 2.31. The van der Waals surface area contributed by atoms with Crippen LogP contribution in [0, 0.1) is 0 Å². The summed E-state index contributed by atoms with van der Waals surface area (Å²) in [6.07, 6.45) is 1.23. The molecule has 29 heavy (non-hydrogen) atoms. The molecule has 1 N–H and O–H groups in total. The Morgan fingerprint density at radius 3 is 2.38 bits per heavy atom. The first-order valence-corrected chi connectivity index (χ1v) is 10.2. The first kappa shape index (κ1) is 20.9. The molecule has 0 spiro atoms. The second kappa shape index (κ2) is 8.68. The lowest BCUT2D eigenvalue weighted by Gasteiger charge is -2.37. The number of hydrogen-bond acceptors (Lipinski definition) is 3. The Hall–Kier alpha value is -2.82. The minimum absolute atomic E-state index is 0.192. The minimum atomic E-state index is -0.690. The molecule has 154 valence electrons. The van der Waals surface area contributed by atoms with Crippen molar-refractivity contribution in [3.8, 4) is 0 Å². The maximum Gasteiger partial charge on any atom is 0.411 e. The average molecular weight is 395 g/mol. The number of carbonyl (C=O) groups is 2. The number of aryl methyl sites for hydroxylation is 1. The van der Waals surface area contributed by atoms with E-state index in [0.29, 0.717) is 19.5 Å². The van der Waals surface area contributed by atoms with Crippen molar-refractivity contribution in [3.63, 3.8) is 0 Å². The van der Waals surface area contributed by atoms with E-state index in [-0.39, 0.29) is 5.91 Å². The summed E-state index contributed by atoms with van der Waals surface area (Å²) in [7, 11) is 0. The Bertz CT molecular complexity index is 868. The van der Waals surface area contributed by atoms with Gasteiger partial charge in [-0.25, -0.2) is 4.79 Å². The number of carbonyl (C=O) groups excluding carboxylic acids is 2. The number of ether oxygens (including phenoxy) is 1. The molecule has 0 saturated heterocycles. The van der Waals surface area contributed by atoms with Gasteiger partial charge in [-0.05, 0) is 55.9 Å². The highest BCUT2D eigenvalue weighted by atomic mass is 16.6. The van der Waals surface area contributed by atoms with E-state index in [0.717, 1.165) is 23.1 Å². The summed E-state index contributed by atoms with van der Waals surface area (Å²) in [5.41, 5.74) is 3.64. The van der Waals surface area contributed by atoms with Crippen LogP contribution in [0.1, 0.15) is 56.0 Å². The van der Waals surface area contributed by atoms with E-state index in [1.807, 2.05) is 57.2 Å². The zero-order valence-electron chi connectivity index (χ0n) is 17.7. The zero-order chi connectivity index (χ0) is 21.0. The molecule has 0 aromatic heterocycles. The van der Waals surface area contributed by atoms with E-state index in [1.165, 1.54) is 5.56 Å². The molecule has 1 aliphatic heterocycles. The van der Waals surface area contributed by atoms with E-state index in [9.17, 15) is 9.59 Å². The van der Waals surface area contributed by atoms with Crippen molar-refractivity contribution in [2.45, 2.75) is 58.7 Å². The number of fused-ring (bicyclic) bond motifs is 1. The Balaban J connectivity index is 1.80. The lowest BCUT2D eigenvalue weighted by molar-refractivity contribution is -0.127. The fourth-order valence-corrected chi connectivity index (χ4v) is 3.55. The van der Waals surface area contributed by atoms with Gasteiger partial charge in [0.1, 0.15) is 11.6 Å². The van der Waals surface area contributed by atoms with E-state index in [1.54, 1.807) is 4.90 Å². The SMILES string of the molecule is CCc1ccc(CNC(=O)C2c3ccccc3CCN2C(=O)OC(C)(C)C)cc1. The number of nitrogens with one attached hydrogen (secondary N) is 1. The quantitative estimate of drug-likeness (QED) is 0.836. The molecule has 2 aromatic rings. The van der Waals surface area contributed by atoms with Gasteiger partial charge in [0, 0.05) is 13.1 Å². The third kappa shape index (κ3) is 5.17. The zero-order valence-corrected chi connectivity index (χ0v) is 17.7. The number of nitrogens with zero attached hydrogens (tertiary/aromatic N) is 1. The molecule has 1 atom stereocenters. The number of amides is 2. The molecule has 5 nitrogen and oxygen atoms in total. The van der Waals surface area contributed by atoms with Crippen LogP contribution in [-0.2, 0) is 28.9 Å². The van der Waals surface area contributed by atoms with E-state index in [2.05, 4.69) is 24.4 Å². The van der Waals surface area contributed by atoms with Crippen LogP contribution in [0.15, 0.2) is 48.5 Å². The molecule has 1 aliphatic rings. The van der Waals surface area contributed by atoms with E-state index in [4.69, 9.17) is 4.74 Å². The molecule has 0 aliphatic carbocycles. The largest absolute Gasteiger partial charge is 0.444 e.